The molecular formula is C40H24N6O. The topological polar surface area (TPSA) is 74.6 Å². The number of fused-ring (bicyclic) bond motifs is 8. The van der Waals surface area contributed by atoms with Crippen LogP contribution in [-0.4, -0.2) is 29.1 Å². The zero-order valence-electron chi connectivity index (χ0n) is 24.9. The van der Waals surface area contributed by atoms with Gasteiger partial charge >= 0.3 is 0 Å². The number of furan rings is 1. The van der Waals surface area contributed by atoms with E-state index in [9.17, 15) is 0 Å². The Hall–Kier alpha value is -6.60. The van der Waals surface area contributed by atoms with Gasteiger partial charge in [0.1, 0.15) is 11.2 Å². The fourth-order valence-electron chi connectivity index (χ4n) is 6.71. The molecule has 0 aliphatic carbocycles. The fourth-order valence-corrected chi connectivity index (χ4v) is 6.71. The van der Waals surface area contributed by atoms with Crippen LogP contribution >= 0.6 is 0 Å². The standard InChI is InChI=1S/C40H24N6O/c1-3-13-25(14-4-1)37-42-38(26-15-5-2-6-16-26)44-39(43-37)46-32-21-11-9-19-30(32)41-40(46)45-31-20-10-7-18-29(31)35-33(45)24-23-28-27-17-8-12-22-34(27)47-36(28)35/h1-24H. The number of imidazole rings is 1. The van der Waals surface area contributed by atoms with Gasteiger partial charge in [0.25, 0.3) is 0 Å². The van der Waals surface area contributed by atoms with E-state index in [1.807, 2.05) is 95.6 Å². The Morgan fingerprint density at radius 3 is 1.79 bits per heavy atom. The van der Waals surface area contributed by atoms with Crippen LogP contribution in [0, 0.1) is 0 Å². The molecule has 0 saturated heterocycles. The maximum atomic E-state index is 6.55. The summed E-state index contributed by atoms with van der Waals surface area (Å²) >= 11 is 0. The van der Waals surface area contributed by atoms with Crippen LogP contribution in [0.15, 0.2) is 150 Å². The molecule has 0 unspecified atom stereocenters. The van der Waals surface area contributed by atoms with Crippen LogP contribution in [-0.2, 0) is 0 Å². The summed E-state index contributed by atoms with van der Waals surface area (Å²) in [7, 11) is 0. The van der Waals surface area contributed by atoms with Gasteiger partial charge < -0.3 is 4.42 Å². The van der Waals surface area contributed by atoms with Crippen molar-refractivity contribution < 1.29 is 4.42 Å². The summed E-state index contributed by atoms with van der Waals surface area (Å²) < 4.78 is 10.8. The molecule has 7 heteroatoms. The van der Waals surface area contributed by atoms with Crippen LogP contribution in [0.2, 0.25) is 0 Å². The van der Waals surface area contributed by atoms with Gasteiger partial charge in [0.2, 0.25) is 11.9 Å². The molecule has 4 heterocycles. The molecule has 0 saturated carbocycles. The van der Waals surface area contributed by atoms with E-state index in [1.54, 1.807) is 0 Å². The number of benzene rings is 6. The summed E-state index contributed by atoms with van der Waals surface area (Å²) in [6, 6.07) is 49.1. The minimum Gasteiger partial charge on any atom is -0.455 e. The molecule has 7 nitrogen and oxygen atoms in total. The second-order valence-electron chi connectivity index (χ2n) is 11.5. The van der Waals surface area contributed by atoms with E-state index in [4.69, 9.17) is 24.4 Å². The van der Waals surface area contributed by atoms with Crippen molar-refractivity contribution in [3.63, 3.8) is 0 Å². The van der Waals surface area contributed by atoms with E-state index in [1.165, 1.54) is 0 Å². The van der Waals surface area contributed by atoms with Gasteiger partial charge in [-0.1, -0.05) is 109 Å². The number of rotatable bonds is 4. The largest absolute Gasteiger partial charge is 0.455 e. The van der Waals surface area contributed by atoms with Crippen molar-refractivity contribution in [2.24, 2.45) is 0 Å². The predicted molar refractivity (Wildman–Crippen MR) is 187 cm³/mol. The first kappa shape index (κ1) is 25.7. The smallest absolute Gasteiger partial charge is 0.241 e. The first-order valence-corrected chi connectivity index (χ1v) is 15.5. The second-order valence-corrected chi connectivity index (χ2v) is 11.5. The van der Waals surface area contributed by atoms with Gasteiger partial charge in [0, 0.05) is 27.3 Å². The number of para-hydroxylation sites is 4. The molecule has 0 radical (unpaired) electrons. The summed E-state index contributed by atoms with van der Waals surface area (Å²) in [5, 5.41) is 4.30. The highest BCUT2D eigenvalue weighted by Gasteiger charge is 2.24. The lowest BCUT2D eigenvalue weighted by Gasteiger charge is -2.13. The molecule has 4 aromatic heterocycles. The highest BCUT2D eigenvalue weighted by Crippen LogP contribution is 2.41. The highest BCUT2D eigenvalue weighted by molar-refractivity contribution is 6.23. The average molecular weight is 605 g/mol. The molecule has 0 spiro atoms. The van der Waals surface area contributed by atoms with Gasteiger partial charge in [-0.15, -0.1) is 0 Å². The van der Waals surface area contributed by atoms with Crippen LogP contribution in [0.25, 0.3) is 89.5 Å². The van der Waals surface area contributed by atoms with Crippen LogP contribution in [0.3, 0.4) is 0 Å². The molecular weight excluding hydrogens is 580 g/mol. The van der Waals surface area contributed by atoms with E-state index < -0.39 is 0 Å². The van der Waals surface area contributed by atoms with E-state index in [0.717, 1.165) is 65.9 Å². The molecule has 47 heavy (non-hydrogen) atoms. The normalized spacial score (nSPS) is 11.8. The minimum atomic E-state index is 0.483. The van der Waals surface area contributed by atoms with Crippen LogP contribution in [0.4, 0.5) is 0 Å². The van der Waals surface area contributed by atoms with E-state index in [-0.39, 0.29) is 0 Å². The van der Waals surface area contributed by atoms with E-state index in [2.05, 4.69) is 59.2 Å². The van der Waals surface area contributed by atoms with E-state index in [0.29, 0.717) is 23.5 Å². The first-order valence-electron chi connectivity index (χ1n) is 15.5. The second kappa shape index (κ2) is 9.95. The van der Waals surface area contributed by atoms with E-state index >= 15 is 0 Å². The maximum absolute atomic E-state index is 6.55. The van der Waals surface area contributed by atoms with Crippen LogP contribution in [0.5, 0.6) is 0 Å². The van der Waals surface area contributed by atoms with Crippen molar-refractivity contribution in [3.8, 4) is 34.7 Å². The van der Waals surface area contributed by atoms with Gasteiger partial charge in [0.15, 0.2) is 11.6 Å². The number of hydrogen-bond donors (Lipinski definition) is 0. The number of hydrogen-bond acceptors (Lipinski definition) is 5. The van der Waals surface area contributed by atoms with Gasteiger partial charge in [0.05, 0.1) is 27.5 Å². The fraction of sp³-hybridized carbons (Fsp3) is 0. The average Bonchev–Trinajstić information content (AvgIpc) is 3.81. The highest BCUT2D eigenvalue weighted by atomic mass is 16.3. The van der Waals surface area contributed by atoms with Crippen molar-refractivity contribution in [1.82, 2.24) is 29.1 Å². The minimum absolute atomic E-state index is 0.483. The van der Waals surface area contributed by atoms with Gasteiger partial charge in [-0.3, -0.25) is 4.57 Å². The quantitative estimate of drug-likeness (QED) is 0.200. The lowest BCUT2D eigenvalue weighted by Crippen LogP contribution is -2.11. The maximum Gasteiger partial charge on any atom is 0.241 e. The number of nitrogens with zero attached hydrogens (tertiary/aromatic N) is 6. The van der Waals surface area contributed by atoms with Crippen molar-refractivity contribution >= 4 is 54.8 Å². The molecule has 0 aliphatic rings. The summed E-state index contributed by atoms with van der Waals surface area (Å²) in [4.78, 5) is 20.4. The Kier molecular flexibility index (Phi) is 5.44. The molecule has 10 aromatic rings. The van der Waals surface area contributed by atoms with Gasteiger partial charge in [-0.05, 0) is 36.4 Å². The molecule has 6 aromatic carbocycles. The lowest BCUT2D eigenvalue weighted by molar-refractivity contribution is 0.673. The Bertz CT molecular complexity index is 2740. The third-order valence-electron chi connectivity index (χ3n) is 8.81. The molecule has 0 N–H and O–H groups in total. The molecule has 0 aliphatic heterocycles. The lowest BCUT2D eigenvalue weighted by atomic mass is 10.1. The third kappa shape index (κ3) is 3.87. The van der Waals surface area contributed by atoms with Crippen molar-refractivity contribution in [2.75, 3.05) is 0 Å². The zero-order valence-corrected chi connectivity index (χ0v) is 24.9. The SMILES string of the molecule is c1ccc(-c2nc(-c3ccccc3)nc(-n3c(-n4c5ccccc5c5c6oc7ccccc7c6ccc54)nc4ccccc43)n2)cc1. The van der Waals surface area contributed by atoms with Crippen molar-refractivity contribution in [3.05, 3.63) is 146 Å². The molecule has 0 atom stereocenters. The molecule has 0 fully saturated rings. The third-order valence-corrected chi connectivity index (χ3v) is 8.81. The summed E-state index contributed by atoms with van der Waals surface area (Å²) in [6.45, 7) is 0. The predicted octanol–water partition coefficient (Wildman–Crippen LogP) is 9.54. The van der Waals surface area contributed by atoms with Gasteiger partial charge in [-0.25, -0.2) is 14.5 Å². The Morgan fingerprint density at radius 2 is 1.04 bits per heavy atom. The van der Waals surface area contributed by atoms with Crippen LogP contribution in [0.1, 0.15) is 0 Å². The Morgan fingerprint density at radius 1 is 0.426 bits per heavy atom. The molecule has 10 rings (SSSR count). The van der Waals surface area contributed by atoms with Crippen molar-refractivity contribution in [2.45, 2.75) is 0 Å². The molecule has 0 amide bonds. The zero-order chi connectivity index (χ0) is 30.9. The summed E-state index contributed by atoms with van der Waals surface area (Å²) in [5.41, 5.74) is 7.25. The summed E-state index contributed by atoms with van der Waals surface area (Å²) in [5.74, 6) is 2.34. The molecule has 220 valence electrons. The summed E-state index contributed by atoms with van der Waals surface area (Å²) in [6.07, 6.45) is 0. The van der Waals surface area contributed by atoms with Crippen molar-refractivity contribution in [1.29, 1.82) is 0 Å². The molecule has 0 bridgehead atoms. The number of aromatic nitrogens is 6. The monoisotopic (exact) mass is 604 g/mol. The first-order chi connectivity index (χ1) is 23.3. The van der Waals surface area contributed by atoms with Gasteiger partial charge in [-0.2, -0.15) is 9.97 Å². The Labute approximate surface area is 268 Å². The van der Waals surface area contributed by atoms with Crippen LogP contribution < -0.4 is 0 Å². The Balaban J connectivity index is 1.32.